The monoisotopic (exact) mass is 327 g/mol. The van der Waals surface area contributed by atoms with E-state index in [-0.39, 0.29) is 30.7 Å². The van der Waals surface area contributed by atoms with Gasteiger partial charge in [-0.15, -0.1) is 36.2 Å². The third-order valence-corrected chi connectivity index (χ3v) is 3.18. The zero-order chi connectivity index (χ0) is 12.7. The Hall–Kier alpha value is -0.360. The molecule has 0 bridgehead atoms. The molecule has 1 rings (SSSR count). The lowest BCUT2D eigenvalue weighted by Gasteiger charge is -2.25. The maximum atomic E-state index is 11.6. The molecule has 0 fully saturated rings. The van der Waals surface area contributed by atoms with Gasteiger partial charge < -0.3 is 5.32 Å². The standard InChI is InChI=1S/C12H21N3OS.2ClH/c1-4-6-15(10(2)3)7-5-13-12(16)11-8-17-9-14-11;;/h8-10H,4-7H2,1-3H3,(H,13,16);2*1H. The van der Waals surface area contributed by atoms with Crippen LogP contribution in [0.3, 0.4) is 0 Å². The number of nitrogens with zero attached hydrogens (tertiary/aromatic N) is 2. The highest BCUT2D eigenvalue weighted by molar-refractivity contribution is 7.07. The van der Waals surface area contributed by atoms with Crippen molar-refractivity contribution in [2.24, 2.45) is 0 Å². The summed E-state index contributed by atoms with van der Waals surface area (Å²) in [4.78, 5) is 18.0. The van der Waals surface area contributed by atoms with Gasteiger partial charge in [0.25, 0.3) is 5.91 Å². The molecule has 112 valence electrons. The Morgan fingerprint density at radius 3 is 2.58 bits per heavy atom. The lowest BCUT2D eigenvalue weighted by atomic mass is 10.3. The average Bonchev–Trinajstić information content (AvgIpc) is 2.81. The summed E-state index contributed by atoms with van der Waals surface area (Å²) in [6.45, 7) is 9.17. The van der Waals surface area contributed by atoms with Crippen LogP contribution in [0.1, 0.15) is 37.7 Å². The first-order valence-electron chi connectivity index (χ1n) is 6.05. The number of hydrogen-bond donors (Lipinski definition) is 1. The molecule has 7 heteroatoms. The number of amides is 1. The molecule has 0 aliphatic carbocycles. The van der Waals surface area contributed by atoms with E-state index in [9.17, 15) is 4.79 Å². The maximum Gasteiger partial charge on any atom is 0.270 e. The van der Waals surface area contributed by atoms with Crippen molar-refractivity contribution in [1.82, 2.24) is 15.2 Å². The van der Waals surface area contributed by atoms with Crippen molar-refractivity contribution in [3.8, 4) is 0 Å². The predicted molar refractivity (Wildman–Crippen MR) is 85.9 cm³/mol. The fourth-order valence-corrected chi connectivity index (χ4v) is 2.18. The number of carbonyl (C=O) groups excluding carboxylic acids is 1. The maximum absolute atomic E-state index is 11.6. The molecule has 1 heterocycles. The van der Waals surface area contributed by atoms with Crippen LogP contribution >= 0.6 is 36.2 Å². The first-order valence-corrected chi connectivity index (χ1v) is 6.99. The minimum absolute atomic E-state index is 0. The number of aromatic nitrogens is 1. The van der Waals surface area contributed by atoms with Crippen LogP contribution in [0, 0.1) is 0 Å². The van der Waals surface area contributed by atoms with Crippen molar-refractivity contribution < 1.29 is 4.79 Å². The van der Waals surface area contributed by atoms with E-state index in [0.29, 0.717) is 18.3 Å². The van der Waals surface area contributed by atoms with Gasteiger partial charge in [0.05, 0.1) is 5.51 Å². The predicted octanol–water partition coefficient (Wildman–Crippen LogP) is 2.84. The molecule has 19 heavy (non-hydrogen) atoms. The van der Waals surface area contributed by atoms with Gasteiger partial charge in [-0.3, -0.25) is 9.69 Å². The van der Waals surface area contributed by atoms with Gasteiger partial charge in [0.15, 0.2) is 0 Å². The minimum Gasteiger partial charge on any atom is -0.349 e. The molecule has 0 saturated carbocycles. The zero-order valence-electron chi connectivity index (χ0n) is 11.6. The molecule has 0 saturated heterocycles. The highest BCUT2D eigenvalue weighted by Gasteiger charge is 2.10. The molecular weight excluding hydrogens is 305 g/mol. The summed E-state index contributed by atoms with van der Waals surface area (Å²) in [5.41, 5.74) is 2.19. The number of halogens is 2. The summed E-state index contributed by atoms with van der Waals surface area (Å²) in [6, 6.07) is 0.520. The smallest absolute Gasteiger partial charge is 0.270 e. The SMILES string of the molecule is CCCN(CCNC(=O)c1cscn1)C(C)C.Cl.Cl. The molecule has 0 unspecified atom stereocenters. The summed E-state index contributed by atoms with van der Waals surface area (Å²) in [5, 5.41) is 4.66. The summed E-state index contributed by atoms with van der Waals surface area (Å²) >= 11 is 1.44. The van der Waals surface area contributed by atoms with Crippen molar-refractivity contribution in [1.29, 1.82) is 0 Å². The number of thiazole rings is 1. The lowest BCUT2D eigenvalue weighted by molar-refractivity contribution is 0.0941. The van der Waals surface area contributed by atoms with E-state index < -0.39 is 0 Å². The Labute approximate surface area is 131 Å². The van der Waals surface area contributed by atoms with Crippen molar-refractivity contribution in [3.63, 3.8) is 0 Å². The second-order valence-corrected chi connectivity index (χ2v) is 4.98. The third-order valence-electron chi connectivity index (χ3n) is 2.59. The van der Waals surface area contributed by atoms with E-state index >= 15 is 0 Å². The van der Waals surface area contributed by atoms with Gasteiger partial charge in [0, 0.05) is 24.5 Å². The van der Waals surface area contributed by atoms with Gasteiger partial charge in [0.2, 0.25) is 0 Å². The van der Waals surface area contributed by atoms with Gasteiger partial charge >= 0.3 is 0 Å². The number of carbonyl (C=O) groups is 1. The quantitative estimate of drug-likeness (QED) is 0.837. The van der Waals surface area contributed by atoms with Gasteiger partial charge in [-0.25, -0.2) is 4.98 Å². The van der Waals surface area contributed by atoms with Crippen molar-refractivity contribution in [2.45, 2.75) is 33.2 Å². The second kappa shape index (κ2) is 11.5. The second-order valence-electron chi connectivity index (χ2n) is 4.26. The van der Waals surface area contributed by atoms with Crippen LogP contribution in [0.2, 0.25) is 0 Å². The fourth-order valence-electron chi connectivity index (χ4n) is 1.64. The van der Waals surface area contributed by atoms with Crippen LogP contribution in [-0.4, -0.2) is 41.5 Å². The summed E-state index contributed by atoms with van der Waals surface area (Å²) in [6.07, 6.45) is 1.14. The average molecular weight is 328 g/mol. The Kier molecular flexibility index (Phi) is 12.6. The molecule has 1 aromatic heterocycles. The Morgan fingerprint density at radius 1 is 1.42 bits per heavy atom. The molecule has 0 aliphatic heterocycles. The van der Waals surface area contributed by atoms with Crippen molar-refractivity contribution in [2.75, 3.05) is 19.6 Å². The molecule has 0 radical (unpaired) electrons. The molecule has 1 amide bonds. The van der Waals surface area contributed by atoms with Crippen LogP contribution < -0.4 is 5.32 Å². The molecule has 0 spiro atoms. The highest BCUT2D eigenvalue weighted by Crippen LogP contribution is 2.01. The van der Waals surface area contributed by atoms with E-state index in [1.54, 1.807) is 10.9 Å². The van der Waals surface area contributed by atoms with Gasteiger partial charge in [-0.05, 0) is 26.8 Å². The van der Waals surface area contributed by atoms with Gasteiger partial charge in [0.1, 0.15) is 5.69 Å². The minimum atomic E-state index is -0.0774. The molecule has 1 aromatic rings. The van der Waals surface area contributed by atoms with Crippen LogP contribution in [0.5, 0.6) is 0 Å². The number of nitrogens with one attached hydrogen (secondary N) is 1. The molecule has 0 atom stereocenters. The van der Waals surface area contributed by atoms with E-state index in [4.69, 9.17) is 0 Å². The van der Waals surface area contributed by atoms with E-state index in [1.807, 2.05) is 0 Å². The number of hydrogen-bond acceptors (Lipinski definition) is 4. The summed E-state index contributed by atoms with van der Waals surface area (Å²) < 4.78 is 0. The number of rotatable bonds is 7. The zero-order valence-corrected chi connectivity index (χ0v) is 14.0. The molecule has 4 nitrogen and oxygen atoms in total. The van der Waals surface area contributed by atoms with Crippen LogP contribution in [0.15, 0.2) is 10.9 Å². The Morgan fingerprint density at radius 2 is 2.11 bits per heavy atom. The van der Waals surface area contributed by atoms with Crippen molar-refractivity contribution in [3.05, 3.63) is 16.6 Å². The van der Waals surface area contributed by atoms with E-state index in [1.165, 1.54) is 11.3 Å². The fraction of sp³-hybridized carbons (Fsp3) is 0.667. The highest BCUT2D eigenvalue weighted by atomic mass is 35.5. The van der Waals surface area contributed by atoms with Gasteiger partial charge in [-0.2, -0.15) is 0 Å². The topological polar surface area (TPSA) is 45.2 Å². The molecule has 0 aromatic carbocycles. The Bertz CT molecular complexity index is 334. The van der Waals surface area contributed by atoms with E-state index in [0.717, 1.165) is 19.5 Å². The van der Waals surface area contributed by atoms with Crippen LogP contribution in [-0.2, 0) is 0 Å². The first-order chi connectivity index (χ1) is 8.15. The largest absolute Gasteiger partial charge is 0.349 e. The van der Waals surface area contributed by atoms with Crippen molar-refractivity contribution >= 4 is 42.1 Å². The first kappa shape index (κ1) is 20.9. The lowest BCUT2D eigenvalue weighted by Crippen LogP contribution is -2.39. The van der Waals surface area contributed by atoms with Crippen LogP contribution in [0.4, 0.5) is 0 Å². The molecule has 1 N–H and O–H groups in total. The normalized spacial score (nSPS) is 9.95. The molecule has 0 aliphatic rings. The van der Waals surface area contributed by atoms with Crippen LogP contribution in [0.25, 0.3) is 0 Å². The summed E-state index contributed by atoms with van der Waals surface area (Å²) in [5.74, 6) is -0.0774. The van der Waals surface area contributed by atoms with Gasteiger partial charge in [-0.1, -0.05) is 6.92 Å². The molecular formula is C12H23Cl2N3OS. The van der Waals surface area contributed by atoms with E-state index in [2.05, 4.69) is 36.0 Å². The summed E-state index contributed by atoms with van der Waals surface area (Å²) in [7, 11) is 0. The third kappa shape index (κ3) is 7.72. The Balaban J connectivity index is 0.